The first-order valence-corrected chi connectivity index (χ1v) is 7.28. The van der Waals surface area contributed by atoms with Gasteiger partial charge in [0.15, 0.2) is 0 Å². The molecule has 0 aliphatic carbocycles. The fourth-order valence-corrected chi connectivity index (χ4v) is 3.28. The topological polar surface area (TPSA) is 24.9 Å². The Labute approximate surface area is 115 Å². The molecule has 1 aromatic heterocycles. The zero-order chi connectivity index (χ0) is 13.3. The van der Waals surface area contributed by atoms with Gasteiger partial charge < -0.3 is 5.32 Å². The molecule has 1 aliphatic rings. The van der Waals surface area contributed by atoms with Crippen molar-refractivity contribution in [2.24, 2.45) is 5.92 Å². The molecule has 2 nitrogen and oxygen atoms in total. The molecule has 100 valence electrons. The van der Waals surface area contributed by atoms with Crippen molar-refractivity contribution in [3.63, 3.8) is 0 Å². The molecule has 19 heavy (non-hydrogen) atoms. The van der Waals surface area contributed by atoms with Crippen LogP contribution in [0.5, 0.6) is 0 Å². The second-order valence-corrected chi connectivity index (χ2v) is 6.05. The molecule has 1 aliphatic heterocycles. The van der Waals surface area contributed by atoms with Crippen molar-refractivity contribution in [2.45, 2.75) is 38.6 Å². The van der Waals surface area contributed by atoms with Crippen LogP contribution in [0.3, 0.4) is 0 Å². The summed E-state index contributed by atoms with van der Waals surface area (Å²) in [6.07, 6.45) is 5.56. The SMILES string of the molecule is CC(C)C1(Cc2ccc3ncccc3c2)CCCN1. The van der Waals surface area contributed by atoms with Crippen molar-refractivity contribution in [2.75, 3.05) is 6.54 Å². The third-order valence-electron chi connectivity index (χ3n) is 4.57. The minimum absolute atomic E-state index is 0.288. The Morgan fingerprint density at radius 2 is 2.21 bits per heavy atom. The van der Waals surface area contributed by atoms with Gasteiger partial charge in [0.25, 0.3) is 0 Å². The van der Waals surface area contributed by atoms with Crippen LogP contribution < -0.4 is 5.32 Å². The maximum absolute atomic E-state index is 4.39. The normalized spacial score (nSPS) is 23.3. The van der Waals surface area contributed by atoms with E-state index in [1.165, 1.54) is 23.8 Å². The standard InChI is InChI=1S/C17H22N2/c1-13(2)17(8-4-10-19-17)12-14-6-7-16-15(11-14)5-3-9-18-16/h3,5-7,9,11,13,19H,4,8,10,12H2,1-2H3. The Kier molecular flexibility index (Phi) is 3.28. The third-order valence-corrected chi connectivity index (χ3v) is 4.57. The van der Waals surface area contributed by atoms with E-state index in [-0.39, 0.29) is 5.54 Å². The quantitative estimate of drug-likeness (QED) is 0.906. The highest BCUT2D eigenvalue weighted by Gasteiger charge is 2.36. The summed E-state index contributed by atoms with van der Waals surface area (Å²) in [4.78, 5) is 4.39. The molecule has 1 saturated heterocycles. The smallest absolute Gasteiger partial charge is 0.0702 e. The molecule has 2 aromatic rings. The average Bonchev–Trinajstić information content (AvgIpc) is 2.88. The molecule has 0 saturated carbocycles. The predicted molar refractivity (Wildman–Crippen MR) is 80.3 cm³/mol. The number of fused-ring (bicyclic) bond motifs is 1. The summed E-state index contributed by atoms with van der Waals surface area (Å²) in [7, 11) is 0. The van der Waals surface area contributed by atoms with Gasteiger partial charge in [0.1, 0.15) is 0 Å². The van der Waals surface area contributed by atoms with Gasteiger partial charge in [-0.1, -0.05) is 26.0 Å². The van der Waals surface area contributed by atoms with Gasteiger partial charge in [0.2, 0.25) is 0 Å². The van der Waals surface area contributed by atoms with Gasteiger partial charge in [0, 0.05) is 17.1 Å². The maximum atomic E-state index is 4.39. The van der Waals surface area contributed by atoms with Crippen LogP contribution in [0.4, 0.5) is 0 Å². The number of nitrogens with zero attached hydrogens (tertiary/aromatic N) is 1. The predicted octanol–water partition coefficient (Wildman–Crippen LogP) is 3.56. The fraction of sp³-hybridized carbons (Fsp3) is 0.471. The second kappa shape index (κ2) is 4.93. The molecule has 1 N–H and O–H groups in total. The van der Waals surface area contributed by atoms with Gasteiger partial charge in [0.05, 0.1) is 5.52 Å². The zero-order valence-electron chi connectivity index (χ0n) is 11.8. The Bertz CT molecular complexity index is 568. The summed E-state index contributed by atoms with van der Waals surface area (Å²) in [5.74, 6) is 0.666. The summed E-state index contributed by atoms with van der Waals surface area (Å²) in [6.45, 7) is 5.83. The number of aromatic nitrogens is 1. The molecule has 3 rings (SSSR count). The molecule has 0 spiro atoms. The fourth-order valence-electron chi connectivity index (χ4n) is 3.28. The lowest BCUT2D eigenvalue weighted by molar-refractivity contribution is 0.269. The third kappa shape index (κ3) is 2.37. The molecule has 1 fully saturated rings. The number of hydrogen-bond acceptors (Lipinski definition) is 2. The summed E-state index contributed by atoms with van der Waals surface area (Å²) in [6, 6.07) is 10.8. The van der Waals surface area contributed by atoms with Crippen LogP contribution in [-0.4, -0.2) is 17.1 Å². The molecular formula is C17H22N2. The van der Waals surface area contributed by atoms with Crippen molar-refractivity contribution in [1.29, 1.82) is 0 Å². The number of benzene rings is 1. The number of nitrogens with one attached hydrogen (secondary N) is 1. The van der Waals surface area contributed by atoms with Crippen LogP contribution in [0.25, 0.3) is 10.9 Å². The lowest BCUT2D eigenvalue weighted by Gasteiger charge is -2.34. The van der Waals surface area contributed by atoms with E-state index >= 15 is 0 Å². The van der Waals surface area contributed by atoms with Gasteiger partial charge in [-0.15, -0.1) is 0 Å². The number of hydrogen-bond donors (Lipinski definition) is 1. The summed E-state index contributed by atoms with van der Waals surface area (Å²) >= 11 is 0. The Hall–Kier alpha value is -1.41. The highest BCUT2D eigenvalue weighted by Crippen LogP contribution is 2.31. The molecule has 0 bridgehead atoms. The molecule has 2 heterocycles. The van der Waals surface area contributed by atoms with E-state index in [1.807, 2.05) is 12.3 Å². The van der Waals surface area contributed by atoms with Crippen LogP contribution in [0, 0.1) is 5.92 Å². The van der Waals surface area contributed by atoms with Crippen LogP contribution in [0.1, 0.15) is 32.3 Å². The van der Waals surface area contributed by atoms with E-state index in [0.29, 0.717) is 5.92 Å². The van der Waals surface area contributed by atoms with Gasteiger partial charge in [-0.25, -0.2) is 0 Å². The molecule has 2 heteroatoms. The molecule has 1 atom stereocenters. The molecule has 1 aromatic carbocycles. The summed E-state index contributed by atoms with van der Waals surface area (Å²) in [5, 5.41) is 5.00. The first-order chi connectivity index (χ1) is 9.20. The van der Waals surface area contributed by atoms with E-state index in [0.717, 1.165) is 18.5 Å². The Balaban J connectivity index is 1.92. The van der Waals surface area contributed by atoms with Crippen LogP contribution >= 0.6 is 0 Å². The van der Waals surface area contributed by atoms with Crippen LogP contribution in [0.2, 0.25) is 0 Å². The largest absolute Gasteiger partial charge is 0.311 e. The van der Waals surface area contributed by atoms with E-state index in [4.69, 9.17) is 0 Å². The molecule has 0 radical (unpaired) electrons. The lowest BCUT2D eigenvalue weighted by atomic mass is 9.79. The molecule has 1 unspecified atom stereocenters. The van der Waals surface area contributed by atoms with E-state index < -0.39 is 0 Å². The van der Waals surface area contributed by atoms with Crippen molar-refractivity contribution >= 4 is 10.9 Å². The molecular weight excluding hydrogens is 232 g/mol. The van der Waals surface area contributed by atoms with Gasteiger partial charge in [-0.2, -0.15) is 0 Å². The summed E-state index contributed by atoms with van der Waals surface area (Å²) in [5.41, 5.74) is 2.79. The van der Waals surface area contributed by atoms with Crippen molar-refractivity contribution in [3.8, 4) is 0 Å². The maximum Gasteiger partial charge on any atom is 0.0702 e. The van der Waals surface area contributed by atoms with Gasteiger partial charge >= 0.3 is 0 Å². The Morgan fingerprint density at radius 1 is 1.32 bits per heavy atom. The average molecular weight is 254 g/mol. The zero-order valence-corrected chi connectivity index (χ0v) is 11.8. The van der Waals surface area contributed by atoms with Crippen molar-refractivity contribution in [1.82, 2.24) is 10.3 Å². The van der Waals surface area contributed by atoms with Gasteiger partial charge in [-0.05, 0) is 55.5 Å². The minimum atomic E-state index is 0.288. The van der Waals surface area contributed by atoms with Gasteiger partial charge in [-0.3, -0.25) is 4.98 Å². The first kappa shape index (κ1) is 12.6. The van der Waals surface area contributed by atoms with Crippen LogP contribution in [-0.2, 0) is 6.42 Å². The highest BCUT2D eigenvalue weighted by molar-refractivity contribution is 5.78. The molecule has 0 amide bonds. The van der Waals surface area contributed by atoms with Crippen molar-refractivity contribution in [3.05, 3.63) is 42.1 Å². The minimum Gasteiger partial charge on any atom is -0.311 e. The monoisotopic (exact) mass is 254 g/mol. The lowest BCUT2D eigenvalue weighted by Crippen LogP contribution is -2.46. The van der Waals surface area contributed by atoms with E-state index in [2.05, 4.69) is 48.4 Å². The van der Waals surface area contributed by atoms with Crippen molar-refractivity contribution < 1.29 is 0 Å². The van der Waals surface area contributed by atoms with Crippen LogP contribution in [0.15, 0.2) is 36.5 Å². The summed E-state index contributed by atoms with van der Waals surface area (Å²) < 4.78 is 0. The number of pyridine rings is 1. The highest BCUT2D eigenvalue weighted by atomic mass is 15.0. The van der Waals surface area contributed by atoms with E-state index in [1.54, 1.807) is 0 Å². The van der Waals surface area contributed by atoms with E-state index in [9.17, 15) is 0 Å². The number of rotatable bonds is 3. The Morgan fingerprint density at radius 3 is 2.95 bits per heavy atom. The first-order valence-electron chi connectivity index (χ1n) is 7.28. The second-order valence-electron chi connectivity index (χ2n) is 6.05.